The Morgan fingerprint density at radius 3 is 2.65 bits per heavy atom. The Morgan fingerprint density at radius 2 is 1.94 bits per heavy atom. The Balaban J connectivity index is 2.58. The third-order valence-electron chi connectivity index (χ3n) is 2.46. The molecule has 90 valence electrons. The lowest BCUT2D eigenvalue weighted by molar-refractivity contribution is -0.432. The minimum absolute atomic E-state index is 0.0578. The van der Waals surface area contributed by atoms with Crippen LogP contribution >= 0.6 is 12.0 Å². The molecule has 0 aliphatic rings. The normalized spacial score (nSPS) is 10.9. The molecule has 0 saturated heterocycles. The van der Waals surface area contributed by atoms with Crippen LogP contribution in [0.3, 0.4) is 0 Å². The molecular formula is C11H10O5S. The van der Waals surface area contributed by atoms with Crippen LogP contribution in [0.15, 0.2) is 29.2 Å². The summed E-state index contributed by atoms with van der Waals surface area (Å²) in [6, 6.07) is 6.44. The highest BCUT2D eigenvalue weighted by Crippen LogP contribution is 2.37. The molecule has 17 heavy (non-hydrogen) atoms. The van der Waals surface area contributed by atoms with E-state index in [0.29, 0.717) is 15.8 Å². The first-order chi connectivity index (χ1) is 8.13. The van der Waals surface area contributed by atoms with Gasteiger partial charge in [0.1, 0.15) is 11.5 Å². The number of phenols is 2. The van der Waals surface area contributed by atoms with Gasteiger partial charge in [0.25, 0.3) is 0 Å². The van der Waals surface area contributed by atoms with E-state index in [1.807, 2.05) is 0 Å². The summed E-state index contributed by atoms with van der Waals surface area (Å²) in [7, 11) is 0. The number of hydrogen-bond donors (Lipinski definition) is 3. The topological polar surface area (TPSA) is 79.2 Å². The number of hydrogen-bond acceptors (Lipinski definition) is 6. The molecule has 2 aromatic carbocycles. The molecule has 0 unspecified atom stereocenters. The van der Waals surface area contributed by atoms with Gasteiger partial charge in [0.2, 0.25) is 0 Å². The number of phenolic OH excluding ortho intramolecular Hbond substituents is 2. The van der Waals surface area contributed by atoms with E-state index >= 15 is 0 Å². The maximum atomic E-state index is 9.98. The van der Waals surface area contributed by atoms with Gasteiger partial charge in [-0.25, -0.2) is 5.26 Å². The SMILES string of the molecule is Cc1c(SOOO)cc2ccc(O)cc2c1O. The van der Waals surface area contributed by atoms with Crippen LogP contribution in [0.25, 0.3) is 10.8 Å². The molecule has 0 radical (unpaired) electrons. The smallest absolute Gasteiger partial charge is 0.127 e. The standard InChI is InChI=1S/C11H10O5S/c1-6-10(17-16-15-14)4-7-2-3-8(12)5-9(7)11(6)13/h2-5,12-14H,1H3. The van der Waals surface area contributed by atoms with Gasteiger partial charge in [0.05, 0.1) is 12.0 Å². The van der Waals surface area contributed by atoms with Gasteiger partial charge >= 0.3 is 0 Å². The van der Waals surface area contributed by atoms with Crippen molar-refractivity contribution in [3.05, 3.63) is 29.8 Å². The number of rotatable bonds is 3. The molecule has 0 fully saturated rings. The largest absolute Gasteiger partial charge is 0.508 e. The first-order valence-corrected chi connectivity index (χ1v) is 5.47. The molecule has 0 aliphatic carbocycles. The van der Waals surface area contributed by atoms with Crippen LogP contribution in [0.2, 0.25) is 0 Å². The van der Waals surface area contributed by atoms with Gasteiger partial charge in [-0.05, 0) is 30.5 Å². The van der Waals surface area contributed by atoms with Crippen molar-refractivity contribution in [2.45, 2.75) is 11.8 Å². The third-order valence-corrected chi connectivity index (χ3v) is 3.19. The molecule has 5 nitrogen and oxygen atoms in total. The van der Waals surface area contributed by atoms with E-state index in [1.54, 1.807) is 19.1 Å². The molecule has 0 heterocycles. The van der Waals surface area contributed by atoms with Crippen LogP contribution < -0.4 is 0 Å². The molecule has 2 rings (SSSR count). The molecule has 0 spiro atoms. The van der Waals surface area contributed by atoms with Crippen molar-refractivity contribution in [2.24, 2.45) is 0 Å². The molecule has 6 heteroatoms. The summed E-state index contributed by atoms with van der Waals surface area (Å²) in [5.74, 6) is 0.144. The van der Waals surface area contributed by atoms with Crippen LogP contribution in [0, 0.1) is 6.92 Å². The molecular weight excluding hydrogens is 244 g/mol. The second kappa shape index (κ2) is 4.80. The Bertz CT molecular complexity index is 555. The summed E-state index contributed by atoms with van der Waals surface area (Å²) in [6.45, 7) is 1.70. The zero-order valence-corrected chi connectivity index (χ0v) is 9.69. The van der Waals surface area contributed by atoms with Crippen LogP contribution in [0.4, 0.5) is 0 Å². The second-order valence-electron chi connectivity index (χ2n) is 3.48. The van der Waals surface area contributed by atoms with E-state index in [4.69, 9.17) is 5.26 Å². The first-order valence-electron chi connectivity index (χ1n) is 4.73. The molecule has 0 saturated carbocycles. The van der Waals surface area contributed by atoms with E-state index in [-0.39, 0.29) is 11.5 Å². The third kappa shape index (κ3) is 2.29. The predicted octanol–water partition coefficient (Wildman–Crippen LogP) is 2.99. The molecule has 0 bridgehead atoms. The van der Waals surface area contributed by atoms with Crippen LogP contribution in [0.1, 0.15) is 5.56 Å². The minimum atomic E-state index is 0.0578. The Kier molecular flexibility index (Phi) is 3.39. The van der Waals surface area contributed by atoms with Crippen molar-refractivity contribution in [1.29, 1.82) is 0 Å². The average molecular weight is 254 g/mol. The molecule has 2 aromatic rings. The highest BCUT2D eigenvalue weighted by atomic mass is 32.2. The van der Waals surface area contributed by atoms with Crippen molar-refractivity contribution in [3.8, 4) is 11.5 Å². The molecule has 0 aromatic heterocycles. The monoisotopic (exact) mass is 254 g/mol. The molecule has 0 atom stereocenters. The summed E-state index contributed by atoms with van der Waals surface area (Å²) in [5, 5.41) is 32.3. The van der Waals surface area contributed by atoms with Gasteiger partial charge < -0.3 is 10.2 Å². The van der Waals surface area contributed by atoms with E-state index in [2.05, 4.69) is 9.37 Å². The fourth-order valence-electron chi connectivity index (χ4n) is 1.58. The molecule has 0 amide bonds. The Morgan fingerprint density at radius 1 is 1.18 bits per heavy atom. The zero-order valence-electron chi connectivity index (χ0n) is 8.88. The van der Waals surface area contributed by atoms with Gasteiger partial charge in [-0.3, -0.25) is 0 Å². The lowest BCUT2D eigenvalue weighted by Crippen LogP contribution is -1.86. The number of fused-ring (bicyclic) bond motifs is 1. The highest BCUT2D eigenvalue weighted by Gasteiger charge is 2.11. The lowest BCUT2D eigenvalue weighted by atomic mass is 10.1. The van der Waals surface area contributed by atoms with E-state index < -0.39 is 0 Å². The number of benzene rings is 2. The number of aromatic hydroxyl groups is 2. The van der Waals surface area contributed by atoms with Crippen molar-refractivity contribution in [1.82, 2.24) is 0 Å². The summed E-state index contributed by atoms with van der Waals surface area (Å²) >= 11 is 0.786. The van der Waals surface area contributed by atoms with Crippen LogP contribution in [-0.4, -0.2) is 15.5 Å². The second-order valence-corrected chi connectivity index (χ2v) is 4.22. The van der Waals surface area contributed by atoms with Gasteiger partial charge in [-0.2, -0.15) is 0 Å². The Hall–Kier alpha value is -1.47. The maximum absolute atomic E-state index is 9.98. The van der Waals surface area contributed by atoms with Gasteiger partial charge in [0.15, 0.2) is 0 Å². The van der Waals surface area contributed by atoms with Crippen molar-refractivity contribution >= 4 is 22.8 Å². The summed E-state index contributed by atoms with van der Waals surface area (Å²) in [4.78, 5) is 0.606. The maximum Gasteiger partial charge on any atom is 0.127 e. The van der Waals surface area contributed by atoms with E-state index in [9.17, 15) is 10.2 Å². The summed E-state index contributed by atoms with van der Waals surface area (Å²) in [6.07, 6.45) is 0. The van der Waals surface area contributed by atoms with Crippen LogP contribution in [-0.2, 0) is 9.37 Å². The van der Waals surface area contributed by atoms with Crippen LogP contribution in [0.5, 0.6) is 11.5 Å². The van der Waals surface area contributed by atoms with E-state index in [0.717, 1.165) is 17.4 Å². The zero-order chi connectivity index (χ0) is 12.4. The summed E-state index contributed by atoms with van der Waals surface area (Å²) in [5.41, 5.74) is 0.574. The highest BCUT2D eigenvalue weighted by molar-refractivity contribution is 7.94. The average Bonchev–Trinajstić information content (AvgIpc) is 2.33. The molecule has 3 N–H and O–H groups in total. The quantitative estimate of drug-likeness (QED) is 0.444. The van der Waals surface area contributed by atoms with Crippen molar-refractivity contribution in [3.63, 3.8) is 0 Å². The summed E-state index contributed by atoms with van der Waals surface area (Å²) < 4.78 is 4.34. The predicted molar refractivity (Wildman–Crippen MR) is 62.7 cm³/mol. The molecule has 0 aliphatic heterocycles. The van der Waals surface area contributed by atoms with Crippen molar-refractivity contribution < 1.29 is 24.8 Å². The van der Waals surface area contributed by atoms with Gasteiger partial charge in [-0.15, -0.1) is 4.33 Å². The van der Waals surface area contributed by atoms with Gasteiger partial charge in [0, 0.05) is 15.8 Å². The first kappa shape index (κ1) is 12.0. The lowest BCUT2D eigenvalue weighted by Gasteiger charge is -2.09. The minimum Gasteiger partial charge on any atom is -0.508 e. The fraction of sp³-hybridized carbons (Fsp3) is 0.0909. The Labute approximate surface area is 101 Å². The fourth-order valence-corrected chi connectivity index (χ4v) is 2.08. The van der Waals surface area contributed by atoms with Crippen molar-refractivity contribution in [2.75, 3.05) is 0 Å². The van der Waals surface area contributed by atoms with E-state index in [1.165, 1.54) is 12.1 Å². The van der Waals surface area contributed by atoms with Gasteiger partial charge in [-0.1, -0.05) is 11.1 Å².